The van der Waals surface area contributed by atoms with E-state index in [1.165, 1.54) is 0 Å². The van der Waals surface area contributed by atoms with Gasteiger partial charge in [0.1, 0.15) is 5.76 Å². The molecule has 0 aliphatic rings. The predicted octanol–water partition coefficient (Wildman–Crippen LogP) is 1.37. The number of nitrogens with one attached hydrogen (secondary N) is 1. The van der Waals surface area contributed by atoms with Crippen molar-refractivity contribution in [2.75, 3.05) is 0 Å². The van der Waals surface area contributed by atoms with E-state index in [1.807, 2.05) is 19.9 Å². The molecule has 0 spiro atoms. The van der Waals surface area contributed by atoms with Crippen LogP contribution < -0.4 is 5.32 Å². The lowest BCUT2D eigenvalue weighted by Gasteiger charge is -2.06. The quantitative estimate of drug-likeness (QED) is 0.758. The summed E-state index contributed by atoms with van der Waals surface area (Å²) in [4.78, 5) is 0. The van der Waals surface area contributed by atoms with Gasteiger partial charge in [0.15, 0.2) is 0 Å². The number of hydrogen-bond acceptors (Lipinski definition) is 4. The average molecular weight is 179 g/mol. The molecule has 0 aliphatic carbocycles. The first kappa shape index (κ1) is 9.75. The Morgan fingerprint density at radius 3 is 3.08 bits per heavy atom. The van der Waals surface area contributed by atoms with E-state index in [4.69, 9.17) is 9.78 Å². The van der Waals surface area contributed by atoms with Crippen LogP contribution in [0.1, 0.15) is 24.8 Å². The minimum absolute atomic E-state index is 0.196. The Bertz CT molecular complexity index is 300. The summed E-state index contributed by atoms with van der Waals surface area (Å²) in [6, 6.07) is 4.18. The summed E-state index contributed by atoms with van der Waals surface area (Å²) in [7, 11) is 0. The van der Waals surface area contributed by atoms with Crippen molar-refractivity contribution in [2.24, 2.45) is 0 Å². The fourth-order valence-corrected chi connectivity index (χ4v) is 0.989. The first-order valence-corrected chi connectivity index (χ1v) is 4.25. The minimum Gasteiger partial charge on any atom is -0.361 e. The van der Waals surface area contributed by atoms with Gasteiger partial charge in [-0.1, -0.05) is 5.16 Å². The van der Waals surface area contributed by atoms with Crippen molar-refractivity contribution in [2.45, 2.75) is 32.9 Å². The summed E-state index contributed by atoms with van der Waals surface area (Å²) >= 11 is 0. The van der Waals surface area contributed by atoms with Gasteiger partial charge < -0.3 is 9.84 Å². The highest BCUT2D eigenvalue weighted by Crippen LogP contribution is 2.01. The molecule has 0 aromatic carbocycles. The van der Waals surface area contributed by atoms with Crippen LogP contribution in [0.3, 0.4) is 0 Å². The summed E-state index contributed by atoms with van der Waals surface area (Å²) in [5.41, 5.74) is 0.877. The molecule has 1 aromatic rings. The van der Waals surface area contributed by atoms with Crippen LogP contribution >= 0.6 is 0 Å². The molecule has 1 heterocycles. The summed E-state index contributed by atoms with van der Waals surface area (Å²) in [5, 5.41) is 15.4. The number of hydrogen-bond donors (Lipinski definition) is 1. The van der Waals surface area contributed by atoms with E-state index >= 15 is 0 Å². The highest BCUT2D eigenvalue weighted by Gasteiger charge is 2.03. The molecule has 1 aromatic heterocycles. The smallest absolute Gasteiger partial charge is 0.133 e. The summed E-state index contributed by atoms with van der Waals surface area (Å²) in [6.45, 7) is 4.48. The lowest BCUT2D eigenvalue weighted by molar-refractivity contribution is 0.386. The molecule has 0 aliphatic heterocycles. The predicted molar refractivity (Wildman–Crippen MR) is 47.8 cm³/mol. The summed E-state index contributed by atoms with van der Waals surface area (Å²) in [5.74, 6) is 0.810. The number of nitrogens with zero attached hydrogens (tertiary/aromatic N) is 2. The molecule has 4 heteroatoms. The zero-order valence-electron chi connectivity index (χ0n) is 7.87. The van der Waals surface area contributed by atoms with Gasteiger partial charge >= 0.3 is 0 Å². The lowest BCUT2D eigenvalue weighted by atomic mass is 10.2. The topological polar surface area (TPSA) is 61.9 Å². The van der Waals surface area contributed by atoms with E-state index < -0.39 is 0 Å². The fourth-order valence-electron chi connectivity index (χ4n) is 0.989. The third kappa shape index (κ3) is 3.26. The Morgan fingerprint density at radius 2 is 2.54 bits per heavy atom. The van der Waals surface area contributed by atoms with Gasteiger partial charge in [0.05, 0.1) is 18.2 Å². The van der Waals surface area contributed by atoms with Crippen molar-refractivity contribution in [1.29, 1.82) is 5.26 Å². The Balaban J connectivity index is 2.31. The number of aryl methyl sites for hydroxylation is 1. The summed E-state index contributed by atoms with van der Waals surface area (Å²) in [6.07, 6.45) is 0.511. The molecule has 0 saturated heterocycles. The van der Waals surface area contributed by atoms with Crippen LogP contribution in [-0.4, -0.2) is 11.2 Å². The Morgan fingerprint density at radius 1 is 1.77 bits per heavy atom. The van der Waals surface area contributed by atoms with Crippen LogP contribution in [0.5, 0.6) is 0 Å². The molecule has 0 radical (unpaired) electrons. The molecule has 1 atom stereocenters. The first-order valence-electron chi connectivity index (χ1n) is 4.25. The Labute approximate surface area is 77.5 Å². The van der Waals surface area contributed by atoms with Crippen molar-refractivity contribution in [3.05, 3.63) is 17.5 Å². The molecule has 0 saturated carbocycles. The number of rotatable bonds is 4. The van der Waals surface area contributed by atoms with Gasteiger partial charge in [0.25, 0.3) is 0 Å². The maximum Gasteiger partial charge on any atom is 0.133 e. The van der Waals surface area contributed by atoms with Gasteiger partial charge in [-0.05, 0) is 13.8 Å². The Kier molecular flexibility index (Phi) is 3.47. The molecule has 13 heavy (non-hydrogen) atoms. The second kappa shape index (κ2) is 4.63. The van der Waals surface area contributed by atoms with Crippen molar-refractivity contribution in [1.82, 2.24) is 10.5 Å². The normalized spacial score (nSPS) is 12.4. The number of aromatic nitrogens is 1. The van der Waals surface area contributed by atoms with Crippen molar-refractivity contribution < 1.29 is 4.52 Å². The molecule has 0 amide bonds. The standard InChI is InChI=1S/C9H13N3O/c1-7(3-4-10)11-6-9-5-8(2)13-12-9/h5,7,11H,3,6H2,1-2H3. The minimum atomic E-state index is 0.196. The van der Waals surface area contributed by atoms with Gasteiger partial charge in [-0.2, -0.15) is 5.26 Å². The van der Waals surface area contributed by atoms with E-state index in [1.54, 1.807) is 0 Å². The van der Waals surface area contributed by atoms with Crippen LogP contribution in [0.2, 0.25) is 0 Å². The largest absolute Gasteiger partial charge is 0.361 e. The molecular weight excluding hydrogens is 166 g/mol. The van der Waals surface area contributed by atoms with Gasteiger partial charge in [0, 0.05) is 18.7 Å². The monoisotopic (exact) mass is 179 g/mol. The zero-order valence-corrected chi connectivity index (χ0v) is 7.87. The van der Waals surface area contributed by atoms with Crippen LogP contribution in [0, 0.1) is 18.3 Å². The summed E-state index contributed by atoms with van der Waals surface area (Å²) < 4.78 is 4.90. The highest BCUT2D eigenvalue weighted by molar-refractivity contribution is 5.03. The second-order valence-electron chi connectivity index (χ2n) is 3.07. The molecule has 1 N–H and O–H groups in total. The van der Waals surface area contributed by atoms with Crippen LogP contribution in [0.25, 0.3) is 0 Å². The number of nitriles is 1. The Hall–Kier alpha value is -1.34. The maximum atomic E-state index is 8.41. The molecule has 0 bridgehead atoms. The molecule has 70 valence electrons. The highest BCUT2D eigenvalue weighted by atomic mass is 16.5. The van der Waals surface area contributed by atoms with E-state index in [-0.39, 0.29) is 6.04 Å². The van der Waals surface area contributed by atoms with Gasteiger partial charge in [-0.25, -0.2) is 0 Å². The maximum absolute atomic E-state index is 8.41. The molecular formula is C9H13N3O. The second-order valence-corrected chi connectivity index (χ2v) is 3.07. The molecule has 1 rings (SSSR count). The van der Waals surface area contributed by atoms with E-state index in [2.05, 4.69) is 16.5 Å². The van der Waals surface area contributed by atoms with Crippen LogP contribution in [0.15, 0.2) is 10.6 Å². The SMILES string of the molecule is Cc1cc(CNC(C)CC#N)no1. The van der Waals surface area contributed by atoms with Crippen LogP contribution in [0.4, 0.5) is 0 Å². The van der Waals surface area contributed by atoms with Crippen LogP contribution in [-0.2, 0) is 6.54 Å². The van der Waals surface area contributed by atoms with Gasteiger partial charge in [0.2, 0.25) is 0 Å². The zero-order chi connectivity index (χ0) is 9.68. The van der Waals surface area contributed by atoms with Crippen molar-refractivity contribution >= 4 is 0 Å². The van der Waals surface area contributed by atoms with E-state index in [0.717, 1.165) is 11.5 Å². The third-order valence-corrected chi connectivity index (χ3v) is 1.71. The third-order valence-electron chi connectivity index (χ3n) is 1.71. The van der Waals surface area contributed by atoms with Crippen molar-refractivity contribution in [3.63, 3.8) is 0 Å². The van der Waals surface area contributed by atoms with E-state index in [9.17, 15) is 0 Å². The first-order chi connectivity index (χ1) is 6.22. The lowest BCUT2D eigenvalue weighted by Crippen LogP contribution is -2.24. The fraction of sp³-hybridized carbons (Fsp3) is 0.556. The van der Waals surface area contributed by atoms with E-state index in [0.29, 0.717) is 13.0 Å². The van der Waals surface area contributed by atoms with Crippen molar-refractivity contribution in [3.8, 4) is 6.07 Å². The molecule has 0 fully saturated rings. The molecule has 1 unspecified atom stereocenters. The van der Waals surface area contributed by atoms with Gasteiger partial charge in [-0.15, -0.1) is 0 Å². The average Bonchev–Trinajstić information content (AvgIpc) is 2.49. The molecule has 4 nitrogen and oxygen atoms in total. The van der Waals surface area contributed by atoms with Gasteiger partial charge in [-0.3, -0.25) is 0 Å².